The third kappa shape index (κ3) is 5.53. The monoisotopic (exact) mass is 376 g/mol. The zero-order valence-corrected chi connectivity index (χ0v) is 16.2. The van der Waals surface area contributed by atoms with Crippen LogP contribution in [0, 0.1) is 19.8 Å². The maximum atomic E-state index is 12.6. The van der Waals surface area contributed by atoms with Gasteiger partial charge in [-0.2, -0.15) is 0 Å². The van der Waals surface area contributed by atoms with Crippen molar-refractivity contribution in [3.8, 4) is 0 Å². The van der Waals surface area contributed by atoms with E-state index in [1.165, 1.54) is 7.11 Å². The van der Waals surface area contributed by atoms with Gasteiger partial charge in [-0.25, -0.2) is 4.79 Å². The predicted molar refractivity (Wildman–Crippen MR) is 100.0 cm³/mol. The maximum absolute atomic E-state index is 12.6. The minimum atomic E-state index is -1.05. The Morgan fingerprint density at radius 2 is 1.93 bits per heavy atom. The molecule has 2 amide bonds. The van der Waals surface area contributed by atoms with Gasteiger partial charge in [0, 0.05) is 19.0 Å². The molecule has 2 rings (SSSR count). The Bertz CT molecular complexity index is 696. The van der Waals surface area contributed by atoms with Crippen LogP contribution < -0.4 is 5.32 Å². The van der Waals surface area contributed by atoms with E-state index in [9.17, 15) is 19.5 Å². The van der Waals surface area contributed by atoms with Crippen LogP contribution in [0.4, 0.5) is 0 Å². The second-order valence-electron chi connectivity index (χ2n) is 7.03. The molecule has 0 radical (unpaired) electrons. The zero-order valence-electron chi connectivity index (χ0n) is 16.2. The third-order valence-electron chi connectivity index (χ3n) is 5.05. The highest BCUT2D eigenvalue weighted by Crippen LogP contribution is 2.19. The number of carbonyl (C=O) groups is 3. The molecule has 1 heterocycles. The molecule has 1 aromatic carbocycles. The smallest absolute Gasteiger partial charge is 0.330 e. The molecule has 7 heteroatoms. The minimum Gasteiger partial charge on any atom is -0.467 e. The lowest BCUT2D eigenvalue weighted by molar-refractivity contribution is -0.147. The number of ether oxygens (including phenoxy) is 1. The molecule has 1 aliphatic rings. The molecular formula is C20H28N2O5. The SMILES string of the molecule is COC(=O)C(CO)NC(=O)C1CCN(C(=O)Cc2cc(C)ccc2C)CC1. The maximum Gasteiger partial charge on any atom is 0.330 e. The van der Waals surface area contributed by atoms with Gasteiger partial charge in [-0.1, -0.05) is 23.8 Å². The minimum absolute atomic E-state index is 0.0605. The molecule has 1 atom stereocenters. The average molecular weight is 376 g/mol. The summed E-state index contributed by atoms with van der Waals surface area (Å²) in [6, 6.07) is 5.04. The van der Waals surface area contributed by atoms with Gasteiger partial charge in [-0.05, 0) is 37.8 Å². The number of amides is 2. The number of aliphatic hydroxyl groups is 1. The number of carbonyl (C=O) groups excluding carboxylic acids is 3. The summed E-state index contributed by atoms with van der Waals surface area (Å²) in [5, 5.41) is 11.7. The van der Waals surface area contributed by atoms with Gasteiger partial charge >= 0.3 is 5.97 Å². The molecule has 148 valence electrons. The van der Waals surface area contributed by atoms with Gasteiger partial charge in [0.25, 0.3) is 0 Å². The first-order chi connectivity index (χ1) is 12.8. The molecule has 7 nitrogen and oxygen atoms in total. The molecule has 0 aromatic heterocycles. The highest BCUT2D eigenvalue weighted by atomic mass is 16.5. The van der Waals surface area contributed by atoms with Crippen LogP contribution >= 0.6 is 0 Å². The van der Waals surface area contributed by atoms with Gasteiger partial charge in [0.2, 0.25) is 11.8 Å². The van der Waals surface area contributed by atoms with Crippen molar-refractivity contribution in [3.63, 3.8) is 0 Å². The van der Waals surface area contributed by atoms with Gasteiger partial charge in [-0.3, -0.25) is 9.59 Å². The third-order valence-corrected chi connectivity index (χ3v) is 5.05. The second-order valence-corrected chi connectivity index (χ2v) is 7.03. The number of nitrogens with one attached hydrogen (secondary N) is 1. The normalized spacial score (nSPS) is 15.9. The highest BCUT2D eigenvalue weighted by Gasteiger charge is 2.30. The van der Waals surface area contributed by atoms with Crippen LogP contribution in [0.1, 0.15) is 29.5 Å². The number of likely N-dealkylation sites (tertiary alicyclic amines) is 1. The van der Waals surface area contributed by atoms with E-state index in [1.807, 2.05) is 32.0 Å². The number of hydrogen-bond acceptors (Lipinski definition) is 5. The van der Waals surface area contributed by atoms with Crippen molar-refractivity contribution in [2.45, 2.75) is 39.2 Å². The van der Waals surface area contributed by atoms with Crippen LogP contribution in [-0.2, 0) is 25.5 Å². The molecule has 0 bridgehead atoms. The molecule has 0 spiro atoms. The summed E-state index contributed by atoms with van der Waals surface area (Å²) in [5.41, 5.74) is 3.26. The van der Waals surface area contributed by atoms with Crippen molar-refractivity contribution in [2.75, 3.05) is 26.8 Å². The van der Waals surface area contributed by atoms with Crippen molar-refractivity contribution >= 4 is 17.8 Å². The first-order valence-electron chi connectivity index (χ1n) is 9.18. The topological polar surface area (TPSA) is 95.9 Å². The summed E-state index contributed by atoms with van der Waals surface area (Å²) in [6.07, 6.45) is 1.42. The molecule has 0 saturated carbocycles. The van der Waals surface area contributed by atoms with E-state index in [4.69, 9.17) is 0 Å². The Kier molecular flexibility index (Phi) is 7.36. The van der Waals surface area contributed by atoms with Crippen molar-refractivity contribution in [2.24, 2.45) is 5.92 Å². The summed E-state index contributed by atoms with van der Waals surface area (Å²) in [4.78, 5) is 38.2. The fourth-order valence-corrected chi connectivity index (χ4v) is 3.27. The van der Waals surface area contributed by atoms with E-state index < -0.39 is 18.6 Å². The Morgan fingerprint density at radius 3 is 2.52 bits per heavy atom. The molecule has 1 aromatic rings. The standard InChI is InChI=1S/C20H28N2O5/c1-13-4-5-14(2)16(10-13)11-18(24)22-8-6-15(7-9-22)19(25)21-17(12-23)20(26)27-3/h4-5,10,15,17,23H,6-9,11-12H2,1-3H3,(H,21,25). The van der Waals surface area contributed by atoms with Crippen molar-refractivity contribution < 1.29 is 24.2 Å². The fraction of sp³-hybridized carbons (Fsp3) is 0.550. The average Bonchev–Trinajstić information content (AvgIpc) is 2.68. The summed E-state index contributed by atoms with van der Waals surface area (Å²) >= 11 is 0. The van der Waals surface area contributed by atoms with Crippen molar-refractivity contribution in [1.29, 1.82) is 0 Å². The van der Waals surface area contributed by atoms with Crippen LogP contribution in [0.2, 0.25) is 0 Å². The number of aryl methyl sites for hydroxylation is 2. The predicted octanol–water partition coefficient (Wildman–Crippen LogP) is 0.735. The number of methoxy groups -OCH3 is 1. The van der Waals surface area contributed by atoms with Gasteiger partial charge in [0.15, 0.2) is 6.04 Å². The summed E-state index contributed by atoms with van der Waals surface area (Å²) in [7, 11) is 1.21. The van der Waals surface area contributed by atoms with Crippen LogP contribution in [-0.4, -0.2) is 60.6 Å². The molecule has 1 saturated heterocycles. The van der Waals surface area contributed by atoms with E-state index in [0.29, 0.717) is 32.4 Å². The number of esters is 1. The summed E-state index contributed by atoms with van der Waals surface area (Å²) < 4.78 is 4.55. The molecule has 0 aliphatic carbocycles. The number of nitrogens with zero attached hydrogens (tertiary/aromatic N) is 1. The number of benzene rings is 1. The lowest BCUT2D eigenvalue weighted by Gasteiger charge is -2.32. The van der Waals surface area contributed by atoms with E-state index in [1.54, 1.807) is 4.90 Å². The Labute approximate surface area is 159 Å². The van der Waals surface area contributed by atoms with E-state index >= 15 is 0 Å². The van der Waals surface area contributed by atoms with Crippen molar-refractivity contribution in [1.82, 2.24) is 10.2 Å². The van der Waals surface area contributed by atoms with Gasteiger partial charge in [-0.15, -0.1) is 0 Å². The van der Waals surface area contributed by atoms with Gasteiger partial charge in [0.05, 0.1) is 20.1 Å². The number of rotatable bonds is 6. The zero-order chi connectivity index (χ0) is 20.0. The largest absolute Gasteiger partial charge is 0.467 e. The summed E-state index contributed by atoms with van der Waals surface area (Å²) in [6.45, 7) is 4.50. The number of piperidine rings is 1. The molecule has 27 heavy (non-hydrogen) atoms. The first-order valence-corrected chi connectivity index (χ1v) is 9.18. The van der Waals surface area contributed by atoms with Crippen LogP contribution in [0.15, 0.2) is 18.2 Å². The summed E-state index contributed by atoms with van der Waals surface area (Å²) in [5.74, 6) is -1.19. The van der Waals surface area contributed by atoms with E-state index in [2.05, 4.69) is 10.1 Å². The molecule has 1 unspecified atom stereocenters. The van der Waals surface area contributed by atoms with Crippen LogP contribution in [0.3, 0.4) is 0 Å². The highest BCUT2D eigenvalue weighted by molar-refractivity contribution is 5.86. The Morgan fingerprint density at radius 1 is 1.26 bits per heavy atom. The lowest BCUT2D eigenvalue weighted by Crippen LogP contribution is -2.49. The van der Waals surface area contributed by atoms with Crippen LogP contribution in [0.25, 0.3) is 0 Å². The van der Waals surface area contributed by atoms with Gasteiger partial charge < -0.3 is 20.1 Å². The Balaban J connectivity index is 1.87. The quantitative estimate of drug-likeness (QED) is 0.714. The Hall–Kier alpha value is -2.41. The van der Waals surface area contributed by atoms with E-state index in [-0.39, 0.29) is 17.7 Å². The number of aliphatic hydroxyl groups excluding tert-OH is 1. The molecule has 1 fully saturated rings. The first kappa shape index (κ1) is 20.9. The number of hydrogen-bond donors (Lipinski definition) is 2. The van der Waals surface area contributed by atoms with E-state index in [0.717, 1.165) is 16.7 Å². The van der Waals surface area contributed by atoms with Crippen LogP contribution in [0.5, 0.6) is 0 Å². The fourth-order valence-electron chi connectivity index (χ4n) is 3.27. The van der Waals surface area contributed by atoms with Crippen molar-refractivity contribution in [3.05, 3.63) is 34.9 Å². The lowest BCUT2D eigenvalue weighted by atomic mass is 9.94. The second kappa shape index (κ2) is 9.50. The molecule has 2 N–H and O–H groups in total. The molecular weight excluding hydrogens is 348 g/mol. The molecule has 1 aliphatic heterocycles. The van der Waals surface area contributed by atoms with Gasteiger partial charge in [0.1, 0.15) is 0 Å².